The van der Waals surface area contributed by atoms with Crippen molar-refractivity contribution in [3.05, 3.63) is 24.3 Å². The first kappa shape index (κ1) is 44.8. The lowest BCUT2D eigenvalue weighted by Gasteiger charge is -2.21. The molecule has 0 aliphatic carbocycles. The summed E-state index contributed by atoms with van der Waals surface area (Å²) >= 11 is 0. The Morgan fingerprint density at radius 1 is 0.565 bits per heavy atom. The van der Waals surface area contributed by atoms with E-state index in [0.29, 0.717) is 6.42 Å². The molecule has 0 aliphatic rings. The number of aliphatic hydroxyl groups is 1. The van der Waals surface area contributed by atoms with Gasteiger partial charge in [0.15, 0.2) is 0 Å². The topological polar surface area (TPSA) is 104 Å². The molecule has 0 bridgehead atoms. The van der Waals surface area contributed by atoms with Gasteiger partial charge in [0.25, 0.3) is 10.1 Å². The van der Waals surface area contributed by atoms with Crippen LogP contribution in [0.2, 0.25) is 0 Å². The van der Waals surface area contributed by atoms with Crippen molar-refractivity contribution in [1.82, 2.24) is 5.32 Å². The fourth-order valence-corrected chi connectivity index (χ4v) is 6.67. The first-order valence-corrected chi connectivity index (χ1v) is 21.1. The highest BCUT2D eigenvalue weighted by molar-refractivity contribution is 7.85. The fraction of sp³-hybridized carbons (Fsp3) is 0.872. The number of aliphatic hydroxyl groups excluding tert-OH is 1. The van der Waals surface area contributed by atoms with Crippen molar-refractivity contribution in [2.75, 3.05) is 5.75 Å². The normalized spacial score (nSPS) is 13.6. The van der Waals surface area contributed by atoms with E-state index in [2.05, 4.69) is 31.3 Å². The van der Waals surface area contributed by atoms with Crippen molar-refractivity contribution in [3.63, 3.8) is 0 Å². The second kappa shape index (κ2) is 33.7. The van der Waals surface area contributed by atoms with Gasteiger partial charge < -0.3 is 10.4 Å². The Hall–Kier alpha value is -1.18. The minimum absolute atomic E-state index is 0.287. The molecule has 0 aromatic rings. The summed E-state index contributed by atoms with van der Waals surface area (Å²) in [6, 6.07) is -1.07. The van der Waals surface area contributed by atoms with Gasteiger partial charge in [-0.3, -0.25) is 9.35 Å². The van der Waals surface area contributed by atoms with Crippen LogP contribution >= 0.6 is 0 Å². The van der Waals surface area contributed by atoms with Crippen LogP contribution in [0.15, 0.2) is 24.3 Å². The molecule has 6 nitrogen and oxygen atoms in total. The first-order valence-electron chi connectivity index (χ1n) is 19.5. The lowest BCUT2D eigenvalue weighted by molar-refractivity contribution is -0.122. The lowest BCUT2D eigenvalue weighted by Crippen LogP contribution is -2.46. The quantitative estimate of drug-likeness (QED) is 0.0354. The summed E-state index contributed by atoms with van der Waals surface area (Å²) in [6.45, 7) is 4.49. The summed E-state index contributed by atoms with van der Waals surface area (Å²) in [7, 11) is -4.34. The predicted molar refractivity (Wildman–Crippen MR) is 198 cm³/mol. The van der Waals surface area contributed by atoms with Crippen LogP contribution in [0.25, 0.3) is 0 Å². The lowest BCUT2D eigenvalue weighted by atomic mass is 10.0. The second-order valence-electron chi connectivity index (χ2n) is 13.6. The Labute approximate surface area is 285 Å². The molecular weight excluding hydrogens is 594 g/mol. The smallest absolute Gasteiger partial charge is 0.267 e. The molecule has 0 saturated heterocycles. The predicted octanol–water partition coefficient (Wildman–Crippen LogP) is 11.2. The van der Waals surface area contributed by atoms with Crippen LogP contribution in [0.5, 0.6) is 0 Å². The Bertz CT molecular complexity index is 826. The fourth-order valence-electron chi connectivity index (χ4n) is 5.94. The molecule has 0 aromatic carbocycles. The number of hydrogen-bond acceptors (Lipinski definition) is 4. The third-order valence-corrected chi connectivity index (χ3v) is 9.66. The van der Waals surface area contributed by atoms with E-state index >= 15 is 0 Å². The van der Waals surface area contributed by atoms with Crippen molar-refractivity contribution in [3.8, 4) is 0 Å². The Morgan fingerprint density at radius 3 is 1.37 bits per heavy atom. The van der Waals surface area contributed by atoms with Crippen molar-refractivity contribution in [2.24, 2.45) is 0 Å². The summed E-state index contributed by atoms with van der Waals surface area (Å²) in [4.78, 5) is 12.5. The zero-order valence-electron chi connectivity index (χ0n) is 30.2. The monoisotopic (exact) mass is 670 g/mol. The van der Waals surface area contributed by atoms with Crippen LogP contribution in [0.3, 0.4) is 0 Å². The maximum atomic E-state index is 12.5. The highest BCUT2D eigenvalue weighted by atomic mass is 32.2. The van der Waals surface area contributed by atoms with Gasteiger partial charge in [-0.15, -0.1) is 0 Å². The van der Waals surface area contributed by atoms with E-state index in [1.807, 2.05) is 0 Å². The molecule has 2 atom stereocenters. The summed E-state index contributed by atoms with van der Waals surface area (Å²) < 4.78 is 32.3. The molecule has 0 heterocycles. The number of hydrogen-bond donors (Lipinski definition) is 3. The number of nitrogens with one attached hydrogen (secondary N) is 1. The molecule has 0 radical (unpaired) electrons. The van der Waals surface area contributed by atoms with E-state index < -0.39 is 28.0 Å². The number of rotatable bonds is 35. The van der Waals surface area contributed by atoms with E-state index in [4.69, 9.17) is 0 Å². The number of carbonyl (C=O) groups is 1. The van der Waals surface area contributed by atoms with Crippen LogP contribution in [-0.2, 0) is 14.9 Å². The largest absolute Gasteiger partial charge is 0.387 e. The van der Waals surface area contributed by atoms with E-state index in [1.165, 1.54) is 147 Å². The average Bonchev–Trinajstić information content (AvgIpc) is 3.01. The van der Waals surface area contributed by atoms with Gasteiger partial charge in [0, 0.05) is 6.42 Å². The molecule has 0 aliphatic heterocycles. The number of unbranched alkanes of at least 4 members (excludes halogenated alkanes) is 25. The summed E-state index contributed by atoms with van der Waals surface area (Å²) in [5.74, 6) is -0.994. The third kappa shape index (κ3) is 34.2. The zero-order chi connectivity index (χ0) is 34.0. The second-order valence-corrected chi connectivity index (χ2v) is 15.1. The van der Waals surface area contributed by atoms with Gasteiger partial charge in [0.05, 0.1) is 17.9 Å². The minimum Gasteiger partial charge on any atom is -0.387 e. The summed E-state index contributed by atoms with van der Waals surface area (Å²) in [5.41, 5.74) is 0. The molecule has 7 heteroatoms. The highest BCUT2D eigenvalue weighted by Crippen LogP contribution is 2.15. The van der Waals surface area contributed by atoms with Crippen molar-refractivity contribution in [1.29, 1.82) is 0 Å². The molecule has 0 fully saturated rings. The highest BCUT2D eigenvalue weighted by Gasteiger charge is 2.24. The van der Waals surface area contributed by atoms with E-state index in [0.717, 1.165) is 38.5 Å². The average molecular weight is 670 g/mol. The number of carbonyl (C=O) groups excluding carboxylic acids is 1. The third-order valence-electron chi connectivity index (χ3n) is 8.88. The molecule has 3 N–H and O–H groups in total. The van der Waals surface area contributed by atoms with Crippen LogP contribution in [0.4, 0.5) is 0 Å². The summed E-state index contributed by atoms with van der Waals surface area (Å²) in [5, 5.41) is 13.1. The first-order chi connectivity index (χ1) is 22.3. The van der Waals surface area contributed by atoms with Gasteiger partial charge in [-0.25, -0.2) is 0 Å². The molecule has 0 spiro atoms. The van der Waals surface area contributed by atoms with Crippen LogP contribution < -0.4 is 5.32 Å². The molecule has 0 aromatic heterocycles. The van der Waals surface area contributed by atoms with Gasteiger partial charge >= 0.3 is 0 Å². The Balaban J connectivity index is 3.87. The van der Waals surface area contributed by atoms with E-state index in [1.54, 1.807) is 6.08 Å². The minimum atomic E-state index is -4.34. The van der Waals surface area contributed by atoms with Crippen molar-refractivity contribution < 1.29 is 22.9 Å². The van der Waals surface area contributed by atoms with Gasteiger partial charge in [-0.2, -0.15) is 8.42 Å². The maximum Gasteiger partial charge on any atom is 0.267 e. The SMILES string of the molecule is CCCCCCC/C=C/CC/C=C/C(O)C(CS(=O)(=O)O)NC(=O)CCCCCCCCCCCCCCCCCCCCCC. The molecule has 46 heavy (non-hydrogen) atoms. The van der Waals surface area contributed by atoms with Crippen LogP contribution in [0, 0.1) is 0 Å². The number of allylic oxidation sites excluding steroid dienone is 3. The van der Waals surface area contributed by atoms with Gasteiger partial charge in [0.2, 0.25) is 5.91 Å². The standard InChI is InChI=1S/C39H75NO5S/c1-3-5-7-9-11-13-15-16-17-18-19-20-21-22-23-25-27-29-31-33-35-39(42)40-37(36-46(43,44)45)38(41)34-32-30-28-26-24-14-12-10-8-6-4-2/h24,26,32,34,37-38,41H,3-23,25,27-31,33,35-36H2,1-2H3,(H,40,42)(H,43,44,45)/b26-24+,34-32+. The van der Waals surface area contributed by atoms with E-state index in [-0.39, 0.29) is 5.91 Å². The Kier molecular flexibility index (Phi) is 32.8. The van der Waals surface area contributed by atoms with Crippen LogP contribution in [0.1, 0.15) is 200 Å². The molecule has 0 saturated carbocycles. The van der Waals surface area contributed by atoms with Gasteiger partial charge in [0.1, 0.15) is 0 Å². The molecule has 272 valence electrons. The summed E-state index contributed by atoms with van der Waals surface area (Å²) in [6.07, 6.45) is 41.7. The van der Waals surface area contributed by atoms with Crippen LogP contribution in [-0.4, -0.2) is 41.9 Å². The Morgan fingerprint density at radius 2 is 0.935 bits per heavy atom. The number of amides is 1. The van der Waals surface area contributed by atoms with Crippen molar-refractivity contribution in [2.45, 2.75) is 212 Å². The van der Waals surface area contributed by atoms with Gasteiger partial charge in [-0.05, 0) is 32.1 Å². The molecular formula is C39H75NO5S. The molecule has 1 amide bonds. The molecule has 2 unspecified atom stereocenters. The van der Waals surface area contributed by atoms with Gasteiger partial charge in [-0.1, -0.05) is 186 Å². The van der Waals surface area contributed by atoms with E-state index in [9.17, 15) is 22.9 Å². The van der Waals surface area contributed by atoms with Crippen molar-refractivity contribution >= 4 is 16.0 Å². The molecule has 0 rings (SSSR count). The maximum absolute atomic E-state index is 12.5. The zero-order valence-corrected chi connectivity index (χ0v) is 31.0.